The number of furan rings is 1. The van der Waals surface area contributed by atoms with E-state index in [4.69, 9.17) is 4.42 Å². The van der Waals surface area contributed by atoms with Gasteiger partial charge in [-0.25, -0.2) is 0 Å². The molecule has 6 nitrogen and oxygen atoms in total. The summed E-state index contributed by atoms with van der Waals surface area (Å²) in [4.78, 5) is 27.4. The number of nitrogens with zero attached hydrogens (tertiary/aromatic N) is 1. The van der Waals surface area contributed by atoms with Gasteiger partial charge in [-0.05, 0) is 17.7 Å². The molecule has 1 aliphatic rings. The molecule has 0 spiro atoms. The highest BCUT2D eigenvalue weighted by molar-refractivity contribution is 5.96. The molecule has 0 radical (unpaired) electrons. The summed E-state index contributed by atoms with van der Waals surface area (Å²) >= 11 is 0. The van der Waals surface area contributed by atoms with Crippen LogP contribution in [-0.2, 0) is 11.3 Å². The molecule has 0 unspecified atom stereocenters. The van der Waals surface area contributed by atoms with Crippen LogP contribution in [0.1, 0.15) is 22.5 Å². The molecular formula is C20H25N3O3. The number of ketones is 1. The molecule has 0 aliphatic carbocycles. The number of carbonyl (C=O) groups excluding carboxylic acids is 2. The van der Waals surface area contributed by atoms with E-state index in [9.17, 15) is 9.59 Å². The Kier molecular flexibility index (Phi) is 6.57. The lowest BCUT2D eigenvalue weighted by atomic mass is 9.99. The standard InChI is InChI=1S/C20H25N3O3/c24-18(19-7-4-12-26-19)13-17(15-23-10-8-21-9-11-23)20(25)22-14-16-5-2-1-3-6-16/h1-7,12,17,21H,8-11,13-15H2,(H,22,25)/t17-/m0/s1. The predicted molar refractivity (Wildman–Crippen MR) is 98.7 cm³/mol. The maximum absolute atomic E-state index is 12.8. The van der Waals surface area contributed by atoms with Gasteiger partial charge in [-0.1, -0.05) is 30.3 Å². The molecule has 138 valence electrons. The van der Waals surface area contributed by atoms with Gasteiger partial charge in [-0.2, -0.15) is 0 Å². The van der Waals surface area contributed by atoms with E-state index in [1.165, 1.54) is 6.26 Å². The third-order valence-corrected chi connectivity index (χ3v) is 4.60. The van der Waals surface area contributed by atoms with Crippen molar-refractivity contribution in [1.29, 1.82) is 0 Å². The van der Waals surface area contributed by atoms with E-state index in [1.54, 1.807) is 12.1 Å². The van der Waals surface area contributed by atoms with Crippen LogP contribution >= 0.6 is 0 Å². The monoisotopic (exact) mass is 355 g/mol. The summed E-state index contributed by atoms with van der Waals surface area (Å²) in [5, 5.41) is 6.28. The highest BCUT2D eigenvalue weighted by atomic mass is 16.3. The molecule has 3 rings (SSSR count). The molecule has 0 saturated carbocycles. The molecule has 2 heterocycles. The lowest BCUT2D eigenvalue weighted by Gasteiger charge is -2.30. The molecule has 6 heteroatoms. The Hall–Kier alpha value is -2.44. The minimum Gasteiger partial charge on any atom is -0.461 e. The summed E-state index contributed by atoms with van der Waals surface area (Å²) in [7, 11) is 0. The Bertz CT molecular complexity index is 694. The Morgan fingerprint density at radius 3 is 2.58 bits per heavy atom. The summed E-state index contributed by atoms with van der Waals surface area (Å²) < 4.78 is 5.19. The Morgan fingerprint density at radius 1 is 1.12 bits per heavy atom. The number of hydrogen-bond acceptors (Lipinski definition) is 5. The first kappa shape index (κ1) is 18.4. The van der Waals surface area contributed by atoms with Crippen molar-refractivity contribution in [3.8, 4) is 0 Å². The highest BCUT2D eigenvalue weighted by Crippen LogP contribution is 2.14. The Morgan fingerprint density at radius 2 is 1.88 bits per heavy atom. The van der Waals surface area contributed by atoms with E-state index < -0.39 is 5.92 Å². The predicted octanol–water partition coefficient (Wildman–Crippen LogP) is 1.69. The van der Waals surface area contributed by atoms with E-state index >= 15 is 0 Å². The zero-order chi connectivity index (χ0) is 18.2. The molecule has 2 N–H and O–H groups in total. The van der Waals surface area contributed by atoms with Crippen LogP contribution in [0.3, 0.4) is 0 Å². The largest absolute Gasteiger partial charge is 0.461 e. The normalized spacial score (nSPS) is 16.2. The van der Waals surface area contributed by atoms with Crippen molar-refractivity contribution in [2.24, 2.45) is 5.92 Å². The SMILES string of the molecule is O=C(C[C@@H](CN1CCNCC1)C(=O)NCc1ccccc1)c1ccco1. The van der Waals surface area contributed by atoms with E-state index in [0.717, 1.165) is 31.7 Å². The lowest BCUT2D eigenvalue weighted by Crippen LogP contribution is -2.47. The van der Waals surface area contributed by atoms with Crippen molar-refractivity contribution >= 4 is 11.7 Å². The number of amides is 1. The van der Waals surface area contributed by atoms with Crippen LogP contribution in [0.4, 0.5) is 0 Å². The summed E-state index contributed by atoms with van der Waals surface area (Å²) in [6.07, 6.45) is 1.63. The molecule has 1 fully saturated rings. The number of benzene rings is 1. The van der Waals surface area contributed by atoms with E-state index in [2.05, 4.69) is 15.5 Å². The molecule has 1 amide bonds. The zero-order valence-corrected chi connectivity index (χ0v) is 14.8. The van der Waals surface area contributed by atoms with Gasteiger partial charge in [0.25, 0.3) is 0 Å². The van der Waals surface area contributed by atoms with Crippen LogP contribution in [0.2, 0.25) is 0 Å². The minimum absolute atomic E-state index is 0.0905. The average Bonchev–Trinajstić information content (AvgIpc) is 3.22. The fraction of sp³-hybridized carbons (Fsp3) is 0.400. The first-order valence-corrected chi connectivity index (χ1v) is 9.04. The number of nitrogens with one attached hydrogen (secondary N) is 2. The fourth-order valence-electron chi connectivity index (χ4n) is 3.14. The topological polar surface area (TPSA) is 74.6 Å². The van der Waals surface area contributed by atoms with Gasteiger partial charge in [-0.15, -0.1) is 0 Å². The summed E-state index contributed by atoms with van der Waals surface area (Å²) in [5.41, 5.74) is 1.04. The zero-order valence-electron chi connectivity index (χ0n) is 14.8. The minimum atomic E-state index is -0.394. The van der Waals surface area contributed by atoms with Crippen molar-refractivity contribution in [2.75, 3.05) is 32.7 Å². The van der Waals surface area contributed by atoms with Gasteiger partial charge in [0.2, 0.25) is 5.91 Å². The lowest BCUT2D eigenvalue weighted by molar-refractivity contribution is -0.125. The average molecular weight is 355 g/mol. The van der Waals surface area contributed by atoms with Crippen LogP contribution in [0.15, 0.2) is 53.1 Å². The van der Waals surface area contributed by atoms with Crippen molar-refractivity contribution in [2.45, 2.75) is 13.0 Å². The number of rotatable bonds is 8. The van der Waals surface area contributed by atoms with Crippen LogP contribution in [0.5, 0.6) is 0 Å². The molecule has 26 heavy (non-hydrogen) atoms. The van der Waals surface area contributed by atoms with E-state index in [1.807, 2.05) is 30.3 Å². The molecule has 1 atom stereocenters. The summed E-state index contributed by atoms with van der Waals surface area (Å²) in [6, 6.07) is 13.1. The number of carbonyl (C=O) groups is 2. The third-order valence-electron chi connectivity index (χ3n) is 4.60. The second-order valence-electron chi connectivity index (χ2n) is 6.56. The van der Waals surface area contributed by atoms with Gasteiger partial charge in [0, 0.05) is 45.7 Å². The molecule has 0 bridgehead atoms. The molecule has 1 aromatic heterocycles. The smallest absolute Gasteiger partial charge is 0.225 e. The quantitative estimate of drug-likeness (QED) is 0.705. The van der Waals surface area contributed by atoms with Crippen molar-refractivity contribution in [3.05, 3.63) is 60.1 Å². The first-order chi connectivity index (χ1) is 12.7. The number of Topliss-reactive ketones (excluding diaryl/α,β-unsaturated/α-hetero) is 1. The van der Waals surface area contributed by atoms with Gasteiger partial charge >= 0.3 is 0 Å². The number of hydrogen-bond donors (Lipinski definition) is 2. The number of piperazine rings is 1. The van der Waals surface area contributed by atoms with Crippen LogP contribution in [0, 0.1) is 5.92 Å². The molecule has 1 saturated heterocycles. The van der Waals surface area contributed by atoms with Crippen LogP contribution in [0.25, 0.3) is 0 Å². The van der Waals surface area contributed by atoms with Crippen molar-refractivity contribution in [1.82, 2.24) is 15.5 Å². The Balaban J connectivity index is 1.62. The Labute approximate surface area is 153 Å². The molecule has 1 aromatic carbocycles. The maximum Gasteiger partial charge on any atom is 0.225 e. The van der Waals surface area contributed by atoms with Crippen molar-refractivity contribution in [3.63, 3.8) is 0 Å². The fourth-order valence-corrected chi connectivity index (χ4v) is 3.14. The maximum atomic E-state index is 12.8. The molecule has 1 aliphatic heterocycles. The molecular weight excluding hydrogens is 330 g/mol. The summed E-state index contributed by atoms with van der Waals surface area (Å²) in [6.45, 7) is 4.63. The second kappa shape index (κ2) is 9.31. The van der Waals surface area contributed by atoms with Crippen LogP contribution < -0.4 is 10.6 Å². The van der Waals surface area contributed by atoms with Gasteiger partial charge in [0.05, 0.1) is 12.2 Å². The first-order valence-electron chi connectivity index (χ1n) is 9.04. The van der Waals surface area contributed by atoms with E-state index in [0.29, 0.717) is 18.8 Å². The van der Waals surface area contributed by atoms with Gasteiger partial charge in [0.1, 0.15) is 0 Å². The third kappa shape index (κ3) is 5.28. The van der Waals surface area contributed by atoms with Gasteiger partial charge < -0.3 is 20.0 Å². The highest BCUT2D eigenvalue weighted by Gasteiger charge is 2.26. The van der Waals surface area contributed by atoms with Gasteiger partial charge in [-0.3, -0.25) is 9.59 Å². The van der Waals surface area contributed by atoms with Crippen molar-refractivity contribution < 1.29 is 14.0 Å². The van der Waals surface area contributed by atoms with Crippen LogP contribution in [-0.4, -0.2) is 49.3 Å². The van der Waals surface area contributed by atoms with Gasteiger partial charge in [0.15, 0.2) is 11.5 Å². The molecule has 2 aromatic rings. The second-order valence-corrected chi connectivity index (χ2v) is 6.56. The summed E-state index contributed by atoms with van der Waals surface area (Å²) in [5.74, 6) is -0.308. The van der Waals surface area contributed by atoms with E-state index in [-0.39, 0.29) is 18.1 Å².